The third-order valence-electron chi connectivity index (χ3n) is 1.47. The van der Waals surface area contributed by atoms with Gasteiger partial charge in [0.2, 0.25) is 0 Å². The maximum Gasteiger partial charge on any atom is 0.317 e. The fourth-order valence-corrected chi connectivity index (χ4v) is 1.22. The van der Waals surface area contributed by atoms with E-state index in [1.165, 1.54) is 0 Å². The van der Waals surface area contributed by atoms with Gasteiger partial charge in [-0.25, -0.2) is 0 Å². The maximum atomic E-state index is 10.4. The zero-order valence-corrected chi connectivity index (χ0v) is 8.58. The Balaban J connectivity index is 4.01. The molecule has 0 fully saturated rings. The summed E-state index contributed by atoms with van der Waals surface area (Å²) in [6.45, 7) is 7.22. The number of rotatable bonds is 5. The molecule has 0 aromatic rings. The van der Waals surface area contributed by atoms with E-state index in [0.717, 1.165) is 0 Å². The second-order valence-electron chi connectivity index (χ2n) is 4.39. The Bertz CT molecular complexity index is 163. The van der Waals surface area contributed by atoms with Crippen molar-refractivity contribution in [3.63, 3.8) is 0 Å². The molecule has 13 heavy (non-hydrogen) atoms. The number of carbonyl (C=O) groups is 1. The zero-order valence-electron chi connectivity index (χ0n) is 8.58. The molecule has 0 saturated carbocycles. The highest BCUT2D eigenvalue weighted by molar-refractivity contribution is 5.69. The van der Waals surface area contributed by atoms with Crippen molar-refractivity contribution >= 4 is 5.97 Å². The molecule has 0 aromatic heterocycles. The van der Waals surface area contributed by atoms with E-state index in [0.29, 0.717) is 13.1 Å². The summed E-state index contributed by atoms with van der Waals surface area (Å²) in [5.74, 6) is -0.849. The molecule has 0 aliphatic heterocycles. The van der Waals surface area contributed by atoms with Gasteiger partial charge in [-0.05, 0) is 5.41 Å². The SMILES string of the molecule is CC(C)(C)CN(CCO)CC(=O)O. The number of aliphatic carboxylic acids is 1. The highest BCUT2D eigenvalue weighted by Crippen LogP contribution is 2.14. The second-order valence-corrected chi connectivity index (χ2v) is 4.39. The van der Waals surface area contributed by atoms with Crippen LogP contribution in [0.5, 0.6) is 0 Å². The van der Waals surface area contributed by atoms with Crippen molar-refractivity contribution in [2.24, 2.45) is 5.41 Å². The first-order valence-electron chi connectivity index (χ1n) is 4.40. The molecule has 0 amide bonds. The van der Waals surface area contributed by atoms with Gasteiger partial charge in [0.25, 0.3) is 0 Å². The van der Waals surface area contributed by atoms with Crippen molar-refractivity contribution in [1.29, 1.82) is 0 Å². The molecule has 0 aliphatic rings. The molecule has 4 nitrogen and oxygen atoms in total. The molecule has 0 bridgehead atoms. The number of hydrogen-bond donors (Lipinski definition) is 2. The summed E-state index contributed by atoms with van der Waals surface area (Å²) in [4.78, 5) is 12.2. The maximum absolute atomic E-state index is 10.4. The van der Waals surface area contributed by atoms with E-state index in [4.69, 9.17) is 10.2 Å². The summed E-state index contributed by atoms with van der Waals surface area (Å²) < 4.78 is 0. The van der Waals surface area contributed by atoms with Gasteiger partial charge in [0.05, 0.1) is 13.2 Å². The number of carboxylic acids is 1. The van der Waals surface area contributed by atoms with Crippen LogP contribution in [0, 0.1) is 5.41 Å². The Kier molecular flexibility index (Phi) is 4.95. The van der Waals surface area contributed by atoms with Gasteiger partial charge in [-0.15, -0.1) is 0 Å². The molecule has 0 radical (unpaired) electrons. The summed E-state index contributed by atoms with van der Waals surface area (Å²) in [5, 5.41) is 17.3. The van der Waals surface area contributed by atoms with Crippen LogP contribution in [0.1, 0.15) is 20.8 Å². The molecule has 0 aliphatic carbocycles. The Morgan fingerprint density at radius 2 is 1.92 bits per heavy atom. The molecular weight excluding hydrogens is 170 g/mol. The average Bonchev–Trinajstić information content (AvgIpc) is 1.81. The molecule has 0 unspecified atom stereocenters. The Morgan fingerprint density at radius 1 is 1.38 bits per heavy atom. The number of hydrogen-bond acceptors (Lipinski definition) is 3. The predicted molar refractivity (Wildman–Crippen MR) is 50.6 cm³/mol. The molecule has 0 aromatic carbocycles. The van der Waals surface area contributed by atoms with E-state index in [1.54, 1.807) is 4.90 Å². The average molecular weight is 189 g/mol. The first-order valence-corrected chi connectivity index (χ1v) is 4.40. The van der Waals surface area contributed by atoms with Crippen LogP contribution in [0.3, 0.4) is 0 Å². The second kappa shape index (κ2) is 5.19. The van der Waals surface area contributed by atoms with Crippen LogP contribution in [-0.2, 0) is 4.79 Å². The highest BCUT2D eigenvalue weighted by Gasteiger charge is 2.17. The summed E-state index contributed by atoms with van der Waals surface area (Å²) >= 11 is 0. The van der Waals surface area contributed by atoms with Crippen molar-refractivity contribution in [3.05, 3.63) is 0 Å². The van der Waals surface area contributed by atoms with E-state index in [2.05, 4.69) is 0 Å². The first-order chi connectivity index (χ1) is 5.85. The van der Waals surface area contributed by atoms with Crippen molar-refractivity contribution in [2.45, 2.75) is 20.8 Å². The van der Waals surface area contributed by atoms with E-state index in [1.807, 2.05) is 20.8 Å². The van der Waals surface area contributed by atoms with E-state index < -0.39 is 5.97 Å². The lowest BCUT2D eigenvalue weighted by molar-refractivity contribution is -0.138. The number of aliphatic hydroxyl groups is 1. The van der Waals surface area contributed by atoms with Gasteiger partial charge in [0.1, 0.15) is 0 Å². The molecule has 0 spiro atoms. The summed E-state index contributed by atoms with van der Waals surface area (Å²) in [6.07, 6.45) is 0. The minimum atomic E-state index is -0.849. The lowest BCUT2D eigenvalue weighted by Crippen LogP contribution is -2.38. The van der Waals surface area contributed by atoms with Crippen LogP contribution < -0.4 is 0 Å². The van der Waals surface area contributed by atoms with E-state index in [-0.39, 0.29) is 18.6 Å². The Morgan fingerprint density at radius 3 is 2.23 bits per heavy atom. The third-order valence-corrected chi connectivity index (χ3v) is 1.47. The minimum absolute atomic E-state index is 0.00215. The van der Waals surface area contributed by atoms with Gasteiger partial charge >= 0.3 is 5.97 Å². The molecular formula is C9H19NO3. The molecule has 2 N–H and O–H groups in total. The number of aliphatic hydroxyl groups excluding tert-OH is 1. The lowest BCUT2D eigenvalue weighted by Gasteiger charge is -2.27. The Hall–Kier alpha value is -0.610. The molecule has 78 valence electrons. The van der Waals surface area contributed by atoms with Crippen LogP contribution in [0.25, 0.3) is 0 Å². The van der Waals surface area contributed by atoms with Crippen molar-refractivity contribution < 1.29 is 15.0 Å². The molecule has 0 atom stereocenters. The van der Waals surface area contributed by atoms with Gasteiger partial charge in [0.15, 0.2) is 0 Å². The van der Waals surface area contributed by atoms with E-state index >= 15 is 0 Å². The van der Waals surface area contributed by atoms with Crippen molar-refractivity contribution in [3.8, 4) is 0 Å². The van der Waals surface area contributed by atoms with Crippen LogP contribution in [0.2, 0.25) is 0 Å². The summed E-state index contributed by atoms with van der Waals surface area (Å²) in [7, 11) is 0. The normalized spacial score (nSPS) is 12.1. The van der Waals surface area contributed by atoms with Crippen molar-refractivity contribution in [2.75, 3.05) is 26.2 Å². The van der Waals surface area contributed by atoms with Gasteiger partial charge < -0.3 is 10.2 Å². The fraction of sp³-hybridized carbons (Fsp3) is 0.889. The first kappa shape index (κ1) is 12.4. The number of nitrogens with zero attached hydrogens (tertiary/aromatic N) is 1. The zero-order chi connectivity index (χ0) is 10.5. The van der Waals surface area contributed by atoms with E-state index in [9.17, 15) is 4.79 Å². The standard InChI is InChI=1S/C9H19NO3/c1-9(2,3)7-10(4-5-11)6-8(12)13/h11H,4-7H2,1-3H3,(H,12,13). The molecule has 0 saturated heterocycles. The van der Waals surface area contributed by atoms with Gasteiger partial charge in [-0.1, -0.05) is 20.8 Å². The largest absolute Gasteiger partial charge is 0.480 e. The monoisotopic (exact) mass is 189 g/mol. The fourth-order valence-electron chi connectivity index (χ4n) is 1.22. The topological polar surface area (TPSA) is 60.8 Å². The van der Waals surface area contributed by atoms with Crippen LogP contribution in [0.15, 0.2) is 0 Å². The molecule has 0 heterocycles. The van der Waals surface area contributed by atoms with Crippen LogP contribution >= 0.6 is 0 Å². The van der Waals surface area contributed by atoms with Crippen LogP contribution in [0.4, 0.5) is 0 Å². The quantitative estimate of drug-likeness (QED) is 0.657. The van der Waals surface area contributed by atoms with Crippen LogP contribution in [-0.4, -0.2) is 47.3 Å². The van der Waals surface area contributed by atoms with Gasteiger partial charge in [-0.3, -0.25) is 9.69 Å². The van der Waals surface area contributed by atoms with Gasteiger partial charge in [0, 0.05) is 13.1 Å². The summed E-state index contributed by atoms with van der Waals surface area (Å²) in [6, 6.07) is 0. The summed E-state index contributed by atoms with van der Waals surface area (Å²) in [5.41, 5.74) is 0.0601. The Labute approximate surface area is 79.2 Å². The third kappa shape index (κ3) is 7.74. The highest BCUT2D eigenvalue weighted by atomic mass is 16.4. The van der Waals surface area contributed by atoms with Gasteiger partial charge in [-0.2, -0.15) is 0 Å². The molecule has 0 rings (SSSR count). The lowest BCUT2D eigenvalue weighted by atomic mass is 9.96. The smallest absolute Gasteiger partial charge is 0.317 e. The molecule has 4 heteroatoms. The van der Waals surface area contributed by atoms with Crippen molar-refractivity contribution in [1.82, 2.24) is 4.90 Å². The number of carboxylic acid groups (broad SMARTS) is 1. The predicted octanol–water partition coefficient (Wildman–Crippen LogP) is 0.411. The minimum Gasteiger partial charge on any atom is -0.480 e.